The Bertz CT molecular complexity index is 793. The van der Waals surface area contributed by atoms with E-state index in [1.54, 1.807) is 13.1 Å². The molecule has 1 saturated heterocycles. The fourth-order valence-corrected chi connectivity index (χ4v) is 2.41. The summed E-state index contributed by atoms with van der Waals surface area (Å²) in [6.07, 6.45) is -1.06. The highest BCUT2D eigenvalue weighted by Gasteiger charge is 2.32. The van der Waals surface area contributed by atoms with Gasteiger partial charge in [-0.15, -0.1) is 5.10 Å². The van der Waals surface area contributed by atoms with Crippen LogP contribution in [0, 0.1) is 5.82 Å². The lowest BCUT2D eigenvalue weighted by molar-refractivity contribution is -0.119. The standard InChI is InChI=1S/C14H15FN6O3/c1-8(22)16-6-10-7-21(14(23)24-10)9-3-4-11(12(15)5-9)13-17-18-19-20(13)2/h3-5,10H,6-7H2,1-2H3,(H,16,22)/t10-/m0/s1. The van der Waals surface area contributed by atoms with Crippen LogP contribution in [0.2, 0.25) is 0 Å². The summed E-state index contributed by atoms with van der Waals surface area (Å²) < 4.78 is 20.9. The molecule has 2 amide bonds. The number of rotatable bonds is 4. The highest BCUT2D eigenvalue weighted by Crippen LogP contribution is 2.27. The van der Waals surface area contributed by atoms with Gasteiger partial charge in [-0.05, 0) is 28.6 Å². The van der Waals surface area contributed by atoms with Crippen LogP contribution in [0.5, 0.6) is 0 Å². The van der Waals surface area contributed by atoms with Crippen LogP contribution in [0.25, 0.3) is 11.4 Å². The number of carbonyl (C=O) groups is 2. The fraction of sp³-hybridized carbons (Fsp3) is 0.357. The molecular formula is C14H15FN6O3. The first-order chi connectivity index (χ1) is 11.5. The van der Waals surface area contributed by atoms with E-state index in [1.807, 2.05) is 0 Å². The van der Waals surface area contributed by atoms with Crippen LogP contribution in [0.3, 0.4) is 0 Å². The molecule has 10 heteroatoms. The summed E-state index contributed by atoms with van der Waals surface area (Å²) in [6.45, 7) is 1.82. The number of benzene rings is 1. The van der Waals surface area contributed by atoms with E-state index >= 15 is 0 Å². The van der Waals surface area contributed by atoms with Crippen molar-refractivity contribution in [3.05, 3.63) is 24.0 Å². The number of amides is 2. The topological polar surface area (TPSA) is 102 Å². The van der Waals surface area contributed by atoms with Gasteiger partial charge in [0.1, 0.15) is 11.9 Å². The number of hydrogen-bond acceptors (Lipinski definition) is 6. The summed E-state index contributed by atoms with van der Waals surface area (Å²) in [7, 11) is 1.60. The molecule has 126 valence electrons. The first-order valence-electron chi connectivity index (χ1n) is 7.20. The Morgan fingerprint density at radius 1 is 1.50 bits per heavy atom. The number of tetrazole rings is 1. The smallest absolute Gasteiger partial charge is 0.414 e. The van der Waals surface area contributed by atoms with Crippen LogP contribution < -0.4 is 10.2 Å². The molecule has 0 spiro atoms. The van der Waals surface area contributed by atoms with Crippen LogP contribution >= 0.6 is 0 Å². The molecule has 0 aliphatic carbocycles. The Labute approximate surface area is 136 Å². The van der Waals surface area contributed by atoms with E-state index in [-0.39, 0.29) is 30.4 Å². The van der Waals surface area contributed by atoms with E-state index in [1.165, 1.54) is 28.6 Å². The summed E-state index contributed by atoms with van der Waals surface area (Å²) >= 11 is 0. The van der Waals surface area contributed by atoms with Gasteiger partial charge in [-0.25, -0.2) is 13.9 Å². The lowest BCUT2D eigenvalue weighted by Gasteiger charge is -2.14. The lowest BCUT2D eigenvalue weighted by atomic mass is 10.1. The third-order valence-corrected chi connectivity index (χ3v) is 3.58. The summed E-state index contributed by atoms with van der Waals surface area (Å²) in [6, 6.07) is 4.33. The number of nitrogens with zero attached hydrogens (tertiary/aromatic N) is 5. The first-order valence-corrected chi connectivity index (χ1v) is 7.20. The highest BCUT2D eigenvalue weighted by atomic mass is 19.1. The van der Waals surface area contributed by atoms with Crippen molar-refractivity contribution in [1.29, 1.82) is 0 Å². The summed E-state index contributed by atoms with van der Waals surface area (Å²) in [4.78, 5) is 24.2. The van der Waals surface area contributed by atoms with E-state index in [9.17, 15) is 14.0 Å². The Kier molecular flexibility index (Phi) is 4.11. The van der Waals surface area contributed by atoms with Crippen molar-refractivity contribution in [2.75, 3.05) is 18.0 Å². The molecule has 0 saturated carbocycles. The monoisotopic (exact) mass is 334 g/mol. The average molecular weight is 334 g/mol. The molecule has 0 radical (unpaired) electrons. The number of hydrogen-bond donors (Lipinski definition) is 1. The van der Waals surface area contributed by atoms with Crippen molar-refractivity contribution in [2.24, 2.45) is 7.05 Å². The van der Waals surface area contributed by atoms with Crippen molar-refractivity contribution in [1.82, 2.24) is 25.5 Å². The van der Waals surface area contributed by atoms with E-state index in [0.717, 1.165) is 0 Å². The molecule has 2 aromatic rings. The second-order valence-electron chi connectivity index (χ2n) is 5.34. The number of aromatic nitrogens is 4. The molecule has 0 unspecified atom stereocenters. The molecule has 1 N–H and O–H groups in total. The van der Waals surface area contributed by atoms with Gasteiger partial charge >= 0.3 is 6.09 Å². The Morgan fingerprint density at radius 3 is 2.92 bits per heavy atom. The fourth-order valence-electron chi connectivity index (χ4n) is 2.41. The Hall–Kier alpha value is -3.04. The highest BCUT2D eigenvalue weighted by molar-refractivity contribution is 5.90. The predicted octanol–water partition coefficient (Wildman–Crippen LogP) is 0.477. The van der Waals surface area contributed by atoms with E-state index in [0.29, 0.717) is 5.69 Å². The maximum Gasteiger partial charge on any atom is 0.414 e. The molecule has 3 rings (SSSR count). The molecule has 2 heterocycles. The van der Waals surface area contributed by atoms with Crippen molar-refractivity contribution < 1.29 is 18.7 Å². The summed E-state index contributed by atoms with van der Waals surface area (Å²) in [5.41, 5.74) is 0.593. The minimum Gasteiger partial charge on any atom is -0.442 e. The number of carbonyl (C=O) groups excluding carboxylic acids is 2. The number of aryl methyl sites for hydroxylation is 1. The van der Waals surface area contributed by atoms with E-state index in [4.69, 9.17) is 4.74 Å². The van der Waals surface area contributed by atoms with Gasteiger partial charge in [-0.3, -0.25) is 9.69 Å². The van der Waals surface area contributed by atoms with Gasteiger partial charge in [-0.2, -0.15) is 0 Å². The molecule has 1 aliphatic heterocycles. The molecular weight excluding hydrogens is 319 g/mol. The average Bonchev–Trinajstić information content (AvgIpc) is 3.11. The van der Waals surface area contributed by atoms with Crippen LogP contribution in [0.15, 0.2) is 18.2 Å². The lowest BCUT2D eigenvalue weighted by Crippen LogP contribution is -2.33. The van der Waals surface area contributed by atoms with Crippen molar-refractivity contribution in [3.63, 3.8) is 0 Å². The molecule has 1 aliphatic rings. The molecule has 0 bridgehead atoms. The van der Waals surface area contributed by atoms with Gasteiger partial charge in [0.2, 0.25) is 5.91 Å². The molecule has 9 nitrogen and oxygen atoms in total. The van der Waals surface area contributed by atoms with Crippen LogP contribution in [0.4, 0.5) is 14.9 Å². The third-order valence-electron chi connectivity index (χ3n) is 3.58. The number of anilines is 1. The van der Waals surface area contributed by atoms with E-state index < -0.39 is 18.0 Å². The predicted molar refractivity (Wildman–Crippen MR) is 80.5 cm³/mol. The molecule has 24 heavy (non-hydrogen) atoms. The Morgan fingerprint density at radius 2 is 2.29 bits per heavy atom. The van der Waals surface area contributed by atoms with Crippen LogP contribution in [0.1, 0.15) is 6.92 Å². The largest absolute Gasteiger partial charge is 0.442 e. The van der Waals surface area contributed by atoms with Gasteiger partial charge in [0, 0.05) is 14.0 Å². The first kappa shape index (κ1) is 15.8. The molecule has 1 fully saturated rings. The quantitative estimate of drug-likeness (QED) is 0.872. The van der Waals surface area contributed by atoms with Crippen LogP contribution in [-0.2, 0) is 16.6 Å². The number of halogens is 1. The second-order valence-corrected chi connectivity index (χ2v) is 5.34. The SMILES string of the molecule is CC(=O)NC[C@H]1CN(c2ccc(-c3nnnn3C)c(F)c2)C(=O)O1. The van der Waals surface area contributed by atoms with Crippen molar-refractivity contribution in [3.8, 4) is 11.4 Å². The maximum atomic E-state index is 14.4. The molecule has 1 aromatic heterocycles. The molecule has 1 aromatic carbocycles. The third kappa shape index (κ3) is 3.03. The zero-order chi connectivity index (χ0) is 17.3. The number of cyclic esters (lactones) is 1. The van der Waals surface area contributed by atoms with Crippen LogP contribution in [-0.4, -0.2) is 51.4 Å². The molecule has 1 atom stereocenters. The van der Waals surface area contributed by atoms with Gasteiger partial charge in [0.25, 0.3) is 0 Å². The Balaban J connectivity index is 1.78. The normalized spacial score (nSPS) is 17.0. The van der Waals surface area contributed by atoms with Crippen molar-refractivity contribution >= 4 is 17.7 Å². The summed E-state index contributed by atoms with van der Waals surface area (Å²) in [5.74, 6) is -0.479. The van der Waals surface area contributed by atoms with Gasteiger partial charge in [-0.1, -0.05) is 0 Å². The minimum absolute atomic E-state index is 0.211. The number of ether oxygens (including phenoxy) is 1. The zero-order valence-electron chi connectivity index (χ0n) is 13.1. The van der Waals surface area contributed by atoms with Gasteiger partial charge in [0.05, 0.1) is 24.3 Å². The maximum absolute atomic E-state index is 14.4. The second kappa shape index (κ2) is 6.22. The van der Waals surface area contributed by atoms with E-state index in [2.05, 4.69) is 20.8 Å². The van der Waals surface area contributed by atoms with Gasteiger partial charge in [0.15, 0.2) is 5.82 Å². The zero-order valence-corrected chi connectivity index (χ0v) is 13.1. The summed E-state index contributed by atoms with van der Waals surface area (Å²) in [5, 5.41) is 13.5. The minimum atomic E-state index is -0.585. The van der Waals surface area contributed by atoms with Gasteiger partial charge < -0.3 is 10.1 Å². The number of nitrogens with one attached hydrogen (secondary N) is 1. The van der Waals surface area contributed by atoms with Crippen molar-refractivity contribution in [2.45, 2.75) is 13.0 Å².